The molecule has 1 heterocycles. The number of anilines is 1. The Bertz CT molecular complexity index is 539. The summed E-state index contributed by atoms with van der Waals surface area (Å²) in [5, 5.41) is 4.99. The van der Waals surface area contributed by atoms with Crippen molar-refractivity contribution < 1.29 is 13.2 Å². The molecule has 1 fully saturated rings. The lowest BCUT2D eigenvalue weighted by Crippen LogP contribution is -2.46. The molecule has 1 aliphatic rings. The molecule has 0 bridgehead atoms. The van der Waals surface area contributed by atoms with Crippen LogP contribution in [0.5, 0.6) is 0 Å². The molecule has 0 spiro atoms. The van der Waals surface area contributed by atoms with Crippen molar-refractivity contribution in [2.45, 2.75) is 30.6 Å². The molecule has 19 heavy (non-hydrogen) atoms. The number of carbonyl (C=O) groups is 1. The Morgan fingerprint density at radius 2 is 2.21 bits per heavy atom. The van der Waals surface area contributed by atoms with Crippen LogP contribution >= 0.6 is 11.3 Å². The van der Waals surface area contributed by atoms with Crippen molar-refractivity contribution in [2.24, 2.45) is 0 Å². The summed E-state index contributed by atoms with van der Waals surface area (Å²) in [7, 11) is -1.45. The fourth-order valence-corrected chi connectivity index (χ4v) is 4.63. The van der Waals surface area contributed by atoms with Gasteiger partial charge in [-0.1, -0.05) is 0 Å². The van der Waals surface area contributed by atoms with Crippen molar-refractivity contribution in [1.29, 1.82) is 0 Å². The Kier molecular flexibility index (Phi) is 4.15. The van der Waals surface area contributed by atoms with E-state index < -0.39 is 15.1 Å². The summed E-state index contributed by atoms with van der Waals surface area (Å²) in [5.41, 5.74) is 0. The van der Waals surface area contributed by atoms with Crippen LogP contribution in [0.1, 0.15) is 19.3 Å². The summed E-state index contributed by atoms with van der Waals surface area (Å²) in [6.45, 7) is 0. The van der Waals surface area contributed by atoms with Gasteiger partial charge in [-0.2, -0.15) is 0 Å². The van der Waals surface area contributed by atoms with E-state index >= 15 is 0 Å². The lowest BCUT2D eigenvalue weighted by atomic mass is 10.2. The number of sulfone groups is 1. The summed E-state index contributed by atoms with van der Waals surface area (Å²) in [6.07, 6.45) is 3.48. The molecule has 7 heteroatoms. The first-order valence-electron chi connectivity index (χ1n) is 6.16. The molecular formula is C12H18N2O3S2. The van der Waals surface area contributed by atoms with Crippen LogP contribution in [0.3, 0.4) is 0 Å². The maximum atomic E-state index is 12.1. The summed E-state index contributed by atoms with van der Waals surface area (Å²) >= 11 is 1.44. The second kappa shape index (κ2) is 5.50. The van der Waals surface area contributed by atoms with E-state index in [0.29, 0.717) is 6.42 Å². The Morgan fingerprint density at radius 3 is 2.79 bits per heavy atom. The zero-order chi connectivity index (χ0) is 14.0. The lowest BCUT2D eigenvalue weighted by Gasteiger charge is -2.28. The van der Waals surface area contributed by atoms with Crippen molar-refractivity contribution in [2.75, 3.05) is 18.6 Å². The first-order chi connectivity index (χ1) is 8.89. The number of nitrogens with one attached hydrogen (secondary N) is 1. The zero-order valence-electron chi connectivity index (χ0n) is 11.0. The van der Waals surface area contributed by atoms with Crippen molar-refractivity contribution >= 4 is 32.2 Å². The predicted octanol–water partition coefficient (Wildman–Crippen LogP) is 2.18. The van der Waals surface area contributed by atoms with Crippen LogP contribution in [0.15, 0.2) is 17.5 Å². The standard InChI is InChI=1S/C12H18N2O3S2/c1-14(12(15)13-11-7-4-8-18-11)9-5-3-6-10(9)19(2,16)17/h4,7-10H,3,5-6H2,1-2H3,(H,13,15)/t9-,10+/m1/s1. The largest absolute Gasteiger partial charge is 0.323 e. The van der Waals surface area contributed by atoms with Gasteiger partial charge >= 0.3 is 6.03 Å². The zero-order valence-corrected chi connectivity index (χ0v) is 12.6. The van der Waals surface area contributed by atoms with E-state index in [1.54, 1.807) is 7.05 Å². The Morgan fingerprint density at radius 1 is 1.47 bits per heavy atom. The minimum absolute atomic E-state index is 0.227. The van der Waals surface area contributed by atoms with Gasteiger partial charge in [0.1, 0.15) is 0 Å². The molecule has 1 aromatic rings. The molecule has 2 amide bonds. The van der Waals surface area contributed by atoms with Gasteiger partial charge in [0.05, 0.1) is 10.3 Å². The molecule has 1 saturated carbocycles. The van der Waals surface area contributed by atoms with Crippen molar-refractivity contribution in [3.63, 3.8) is 0 Å². The molecule has 5 nitrogen and oxygen atoms in total. The monoisotopic (exact) mass is 302 g/mol. The quantitative estimate of drug-likeness (QED) is 0.930. The van der Waals surface area contributed by atoms with Crippen LogP contribution in [-0.4, -0.2) is 43.9 Å². The topological polar surface area (TPSA) is 66.5 Å². The van der Waals surface area contributed by atoms with Gasteiger partial charge in [-0.05, 0) is 36.8 Å². The SMILES string of the molecule is CN(C(=O)Nc1cccs1)[C@@H]1CCC[C@@H]1S(C)(=O)=O. The van der Waals surface area contributed by atoms with Gasteiger partial charge in [-0.3, -0.25) is 5.32 Å². The molecule has 0 radical (unpaired) electrons. The van der Waals surface area contributed by atoms with Crippen molar-refractivity contribution in [3.8, 4) is 0 Å². The third-order valence-corrected chi connectivity index (χ3v) is 5.97. The molecule has 0 aromatic carbocycles. The van der Waals surface area contributed by atoms with E-state index in [4.69, 9.17) is 0 Å². The molecule has 0 saturated heterocycles. The molecule has 1 aromatic heterocycles. The van der Waals surface area contributed by atoms with Crippen LogP contribution in [-0.2, 0) is 9.84 Å². The maximum absolute atomic E-state index is 12.1. The van der Waals surface area contributed by atoms with Gasteiger partial charge in [-0.15, -0.1) is 11.3 Å². The first-order valence-corrected chi connectivity index (χ1v) is 8.99. The lowest BCUT2D eigenvalue weighted by molar-refractivity contribution is 0.205. The number of nitrogens with zero attached hydrogens (tertiary/aromatic N) is 1. The van der Waals surface area contributed by atoms with Crippen molar-refractivity contribution in [3.05, 3.63) is 17.5 Å². The number of hydrogen-bond donors (Lipinski definition) is 1. The Hall–Kier alpha value is -1.08. The number of hydrogen-bond acceptors (Lipinski definition) is 4. The summed E-state index contributed by atoms with van der Waals surface area (Å²) in [5.74, 6) is 0. The fourth-order valence-electron chi connectivity index (χ4n) is 2.54. The molecule has 0 unspecified atom stereocenters. The molecule has 1 aliphatic carbocycles. The minimum atomic E-state index is -3.11. The number of amides is 2. The van der Waals surface area contributed by atoms with E-state index in [0.717, 1.165) is 17.8 Å². The highest BCUT2D eigenvalue weighted by molar-refractivity contribution is 7.91. The van der Waals surface area contributed by atoms with Gasteiger partial charge in [0.15, 0.2) is 9.84 Å². The third-order valence-electron chi connectivity index (χ3n) is 3.54. The third kappa shape index (κ3) is 3.27. The Balaban J connectivity index is 2.06. The second-order valence-corrected chi connectivity index (χ2v) is 8.10. The summed E-state index contributed by atoms with van der Waals surface area (Å²) in [6, 6.07) is 3.20. The summed E-state index contributed by atoms with van der Waals surface area (Å²) in [4.78, 5) is 13.6. The average molecular weight is 302 g/mol. The average Bonchev–Trinajstić information content (AvgIpc) is 2.96. The molecule has 1 N–H and O–H groups in total. The van der Waals surface area contributed by atoms with Crippen LogP contribution in [0.2, 0.25) is 0 Å². The normalized spacial score (nSPS) is 23.3. The minimum Gasteiger partial charge on any atom is -0.323 e. The van der Waals surface area contributed by atoms with E-state index in [9.17, 15) is 13.2 Å². The van der Waals surface area contributed by atoms with Gasteiger partial charge in [0, 0.05) is 19.3 Å². The molecule has 0 aliphatic heterocycles. The van der Waals surface area contributed by atoms with Gasteiger partial charge in [-0.25, -0.2) is 13.2 Å². The molecule has 2 atom stereocenters. The van der Waals surface area contributed by atoms with Gasteiger partial charge in [0.2, 0.25) is 0 Å². The van der Waals surface area contributed by atoms with Crippen LogP contribution in [0.25, 0.3) is 0 Å². The van der Waals surface area contributed by atoms with E-state index in [-0.39, 0.29) is 12.1 Å². The number of rotatable bonds is 3. The highest BCUT2D eigenvalue weighted by atomic mass is 32.2. The fraction of sp³-hybridized carbons (Fsp3) is 0.583. The highest BCUT2D eigenvalue weighted by Crippen LogP contribution is 2.29. The van der Waals surface area contributed by atoms with Gasteiger partial charge in [0.25, 0.3) is 0 Å². The summed E-state index contributed by atoms with van der Waals surface area (Å²) < 4.78 is 23.5. The van der Waals surface area contributed by atoms with Crippen LogP contribution in [0, 0.1) is 0 Å². The van der Waals surface area contributed by atoms with E-state index in [2.05, 4.69) is 5.32 Å². The smallest absolute Gasteiger partial charge is 0.322 e. The number of urea groups is 1. The molecule has 2 rings (SSSR count). The van der Waals surface area contributed by atoms with E-state index in [1.807, 2.05) is 17.5 Å². The van der Waals surface area contributed by atoms with Gasteiger partial charge < -0.3 is 4.90 Å². The molecular weight excluding hydrogens is 284 g/mol. The molecule has 106 valence electrons. The van der Waals surface area contributed by atoms with Crippen molar-refractivity contribution in [1.82, 2.24) is 4.90 Å². The number of thiophene rings is 1. The predicted molar refractivity (Wildman–Crippen MR) is 77.4 cm³/mol. The van der Waals surface area contributed by atoms with Crippen LogP contribution < -0.4 is 5.32 Å². The highest BCUT2D eigenvalue weighted by Gasteiger charge is 2.38. The van der Waals surface area contributed by atoms with E-state index in [1.165, 1.54) is 22.5 Å². The van der Waals surface area contributed by atoms with Crippen LogP contribution in [0.4, 0.5) is 9.80 Å². The number of carbonyl (C=O) groups excluding carboxylic acids is 1. The second-order valence-electron chi connectivity index (χ2n) is 4.88. The maximum Gasteiger partial charge on any atom is 0.322 e. The first kappa shape index (κ1) is 14.3. The Labute approximate surface area is 117 Å².